The number of aromatic nitrogens is 1. The van der Waals surface area contributed by atoms with E-state index in [1.807, 2.05) is 67.6 Å². The molecule has 0 N–H and O–H groups in total. The fourth-order valence-corrected chi connectivity index (χ4v) is 3.89. The molecule has 6 nitrogen and oxygen atoms in total. The fraction of sp³-hybridized carbons (Fsp3) is 0.125. The molecule has 31 heavy (non-hydrogen) atoms. The Morgan fingerprint density at radius 2 is 1.81 bits per heavy atom. The zero-order valence-electron chi connectivity index (χ0n) is 17.2. The first kappa shape index (κ1) is 20.6. The van der Waals surface area contributed by atoms with E-state index in [2.05, 4.69) is 10.1 Å². The van der Waals surface area contributed by atoms with Crippen LogP contribution in [0, 0.1) is 0 Å². The lowest BCUT2D eigenvalue weighted by Gasteiger charge is -2.13. The summed E-state index contributed by atoms with van der Waals surface area (Å²) in [6.45, 7) is 2.55. The van der Waals surface area contributed by atoms with E-state index < -0.39 is 0 Å². The van der Waals surface area contributed by atoms with Crippen LogP contribution in [0.2, 0.25) is 0 Å². The van der Waals surface area contributed by atoms with E-state index >= 15 is 0 Å². The van der Waals surface area contributed by atoms with Crippen molar-refractivity contribution in [1.29, 1.82) is 0 Å². The normalized spacial score (nSPS) is 11.0. The Kier molecular flexibility index (Phi) is 6.24. The van der Waals surface area contributed by atoms with Crippen molar-refractivity contribution in [1.82, 2.24) is 4.98 Å². The van der Waals surface area contributed by atoms with Crippen LogP contribution in [0.25, 0.3) is 10.2 Å². The second-order valence-corrected chi connectivity index (χ2v) is 7.57. The Balaban J connectivity index is 1.70. The number of amides is 1. The van der Waals surface area contributed by atoms with Gasteiger partial charge in [-0.15, -0.1) is 0 Å². The van der Waals surface area contributed by atoms with Gasteiger partial charge in [0.05, 0.1) is 30.1 Å². The van der Waals surface area contributed by atoms with Gasteiger partial charge in [-0.2, -0.15) is 10.1 Å². The highest BCUT2D eigenvalue weighted by molar-refractivity contribution is 7.22. The summed E-state index contributed by atoms with van der Waals surface area (Å²) in [4.78, 5) is 17.9. The number of rotatable bonds is 7. The minimum atomic E-state index is -0.256. The molecule has 156 valence electrons. The third kappa shape index (κ3) is 4.73. The number of hydrogen-bond acceptors (Lipinski definition) is 6. The third-order valence-electron chi connectivity index (χ3n) is 4.49. The minimum absolute atomic E-state index is 0.256. The van der Waals surface area contributed by atoms with E-state index in [1.165, 1.54) is 16.3 Å². The molecule has 3 aromatic carbocycles. The molecular weight excluding hydrogens is 410 g/mol. The molecule has 0 fully saturated rings. The molecule has 4 aromatic rings. The fourth-order valence-electron chi connectivity index (χ4n) is 2.94. The molecule has 0 radical (unpaired) electrons. The summed E-state index contributed by atoms with van der Waals surface area (Å²) in [5, 5.41) is 6.31. The van der Waals surface area contributed by atoms with Crippen LogP contribution < -0.4 is 14.5 Å². The first-order valence-corrected chi connectivity index (χ1v) is 10.6. The molecular formula is C24H21N3O3S. The molecule has 0 aliphatic heterocycles. The van der Waals surface area contributed by atoms with Crippen molar-refractivity contribution in [3.63, 3.8) is 0 Å². The summed E-state index contributed by atoms with van der Waals surface area (Å²) in [5.41, 5.74) is 2.16. The molecule has 1 amide bonds. The van der Waals surface area contributed by atoms with Crippen LogP contribution >= 0.6 is 11.3 Å². The van der Waals surface area contributed by atoms with Gasteiger partial charge in [-0.05, 0) is 67.1 Å². The first-order chi connectivity index (χ1) is 15.2. The Hall–Kier alpha value is -3.71. The average Bonchev–Trinajstić information content (AvgIpc) is 3.23. The molecule has 1 heterocycles. The second kappa shape index (κ2) is 9.40. The number of carbonyl (C=O) groups excluding carboxylic acids is 1. The van der Waals surface area contributed by atoms with Gasteiger partial charge in [-0.1, -0.05) is 29.5 Å². The molecule has 0 saturated carbocycles. The molecule has 0 spiro atoms. The van der Waals surface area contributed by atoms with Gasteiger partial charge >= 0.3 is 0 Å². The van der Waals surface area contributed by atoms with Crippen LogP contribution in [-0.2, 0) is 0 Å². The largest absolute Gasteiger partial charge is 0.497 e. The van der Waals surface area contributed by atoms with Crippen LogP contribution in [0.1, 0.15) is 22.8 Å². The summed E-state index contributed by atoms with van der Waals surface area (Å²) in [6, 6.07) is 22.2. The molecule has 0 aliphatic rings. The van der Waals surface area contributed by atoms with E-state index in [0.29, 0.717) is 17.3 Å². The standard InChI is InChI=1S/C24H21N3O3S/c1-3-30-19-11-9-17(10-12-19)16-25-27(23(28)18-7-5-4-6-8-18)24-26-21-14-13-20(29-2)15-22(21)31-24/h4-16H,3H2,1-2H3/b25-16+. The van der Waals surface area contributed by atoms with Gasteiger partial charge in [-0.25, -0.2) is 4.98 Å². The Morgan fingerprint density at radius 1 is 1.06 bits per heavy atom. The van der Waals surface area contributed by atoms with Crippen LogP contribution in [0.15, 0.2) is 77.9 Å². The molecule has 0 atom stereocenters. The van der Waals surface area contributed by atoms with Crippen molar-refractivity contribution in [2.75, 3.05) is 18.7 Å². The number of methoxy groups -OCH3 is 1. The average molecular weight is 432 g/mol. The number of carbonyl (C=O) groups is 1. The molecule has 0 aliphatic carbocycles. The second-order valence-electron chi connectivity index (χ2n) is 6.56. The van der Waals surface area contributed by atoms with Gasteiger partial charge in [0, 0.05) is 5.56 Å². The van der Waals surface area contributed by atoms with E-state index in [9.17, 15) is 4.79 Å². The predicted octanol–water partition coefficient (Wildman–Crippen LogP) is 5.38. The Morgan fingerprint density at radius 3 is 2.52 bits per heavy atom. The number of hydrazone groups is 1. The molecule has 0 unspecified atom stereocenters. The lowest BCUT2D eigenvalue weighted by atomic mass is 10.2. The van der Waals surface area contributed by atoms with E-state index in [4.69, 9.17) is 9.47 Å². The number of hydrogen-bond donors (Lipinski definition) is 0. The Bertz CT molecular complexity index is 1200. The van der Waals surface area contributed by atoms with Gasteiger partial charge in [0.25, 0.3) is 5.91 Å². The van der Waals surface area contributed by atoms with E-state index in [0.717, 1.165) is 27.3 Å². The lowest BCUT2D eigenvalue weighted by molar-refractivity contribution is 0.0988. The summed E-state index contributed by atoms with van der Waals surface area (Å²) in [5.74, 6) is 1.27. The maximum Gasteiger partial charge on any atom is 0.280 e. The van der Waals surface area contributed by atoms with Crippen molar-refractivity contribution in [3.05, 3.63) is 83.9 Å². The monoisotopic (exact) mass is 431 g/mol. The van der Waals surface area contributed by atoms with Crippen LogP contribution in [0.4, 0.5) is 5.13 Å². The summed E-state index contributed by atoms with van der Waals surface area (Å²) >= 11 is 1.38. The van der Waals surface area contributed by atoms with Crippen molar-refractivity contribution in [2.45, 2.75) is 6.92 Å². The number of thiazole rings is 1. The highest BCUT2D eigenvalue weighted by Crippen LogP contribution is 2.32. The summed E-state index contributed by atoms with van der Waals surface area (Å²) < 4.78 is 11.7. The van der Waals surface area contributed by atoms with Gasteiger partial charge in [0.15, 0.2) is 0 Å². The van der Waals surface area contributed by atoms with Crippen molar-refractivity contribution in [3.8, 4) is 11.5 Å². The Labute approximate surface area is 184 Å². The topological polar surface area (TPSA) is 64.0 Å². The maximum absolute atomic E-state index is 13.2. The van der Waals surface area contributed by atoms with Crippen molar-refractivity contribution < 1.29 is 14.3 Å². The summed E-state index contributed by atoms with van der Waals surface area (Å²) in [7, 11) is 1.62. The minimum Gasteiger partial charge on any atom is -0.497 e. The van der Waals surface area contributed by atoms with E-state index in [-0.39, 0.29) is 5.91 Å². The third-order valence-corrected chi connectivity index (χ3v) is 5.49. The quantitative estimate of drug-likeness (QED) is 0.291. The molecule has 0 bridgehead atoms. The van der Waals surface area contributed by atoms with Gasteiger partial charge in [0.2, 0.25) is 5.13 Å². The summed E-state index contributed by atoms with van der Waals surface area (Å²) in [6.07, 6.45) is 1.64. The van der Waals surface area contributed by atoms with Crippen LogP contribution in [-0.4, -0.2) is 30.8 Å². The number of anilines is 1. The van der Waals surface area contributed by atoms with Crippen molar-refractivity contribution >= 4 is 38.8 Å². The zero-order valence-corrected chi connectivity index (χ0v) is 18.0. The lowest BCUT2D eigenvalue weighted by Crippen LogP contribution is -2.25. The number of nitrogens with zero attached hydrogens (tertiary/aromatic N) is 3. The smallest absolute Gasteiger partial charge is 0.280 e. The molecule has 4 rings (SSSR count). The number of benzene rings is 3. The highest BCUT2D eigenvalue weighted by atomic mass is 32.1. The van der Waals surface area contributed by atoms with Gasteiger partial charge in [-0.3, -0.25) is 4.79 Å². The molecule has 0 saturated heterocycles. The SMILES string of the molecule is CCOc1ccc(/C=N/N(C(=O)c2ccccc2)c2nc3ccc(OC)cc3s2)cc1. The predicted molar refractivity (Wildman–Crippen MR) is 125 cm³/mol. The van der Waals surface area contributed by atoms with Gasteiger partial charge in [0.1, 0.15) is 11.5 Å². The van der Waals surface area contributed by atoms with Crippen molar-refractivity contribution in [2.24, 2.45) is 5.10 Å². The van der Waals surface area contributed by atoms with E-state index in [1.54, 1.807) is 25.5 Å². The molecule has 7 heteroatoms. The highest BCUT2D eigenvalue weighted by Gasteiger charge is 2.21. The van der Waals surface area contributed by atoms with Crippen LogP contribution in [0.5, 0.6) is 11.5 Å². The molecule has 1 aromatic heterocycles. The maximum atomic E-state index is 13.2. The number of ether oxygens (including phenoxy) is 2. The zero-order chi connectivity index (χ0) is 21.6. The van der Waals surface area contributed by atoms with Gasteiger partial charge < -0.3 is 9.47 Å². The van der Waals surface area contributed by atoms with Crippen LogP contribution in [0.3, 0.4) is 0 Å². The first-order valence-electron chi connectivity index (χ1n) is 9.79. The number of fused-ring (bicyclic) bond motifs is 1.